The Balaban J connectivity index is 2.21. The van der Waals surface area contributed by atoms with Crippen molar-refractivity contribution in [2.24, 2.45) is 7.05 Å². The maximum atomic E-state index is 6.06. The van der Waals surface area contributed by atoms with Crippen LogP contribution >= 0.6 is 34.8 Å². The molecule has 7 heteroatoms. The number of nitrogens with one attached hydrogen (secondary N) is 1. The number of anilines is 1. The molecule has 1 N–H and O–H groups in total. The number of nitrogens with zero attached hydrogens (tertiary/aromatic N) is 3. The average Bonchev–Trinajstić information content (AvgIpc) is 2.57. The van der Waals surface area contributed by atoms with Gasteiger partial charge in [-0.2, -0.15) is 5.10 Å². The molecule has 2 aromatic heterocycles. The van der Waals surface area contributed by atoms with E-state index in [4.69, 9.17) is 34.8 Å². The molecule has 0 saturated heterocycles. The number of aromatic nitrogens is 3. The zero-order valence-electron chi connectivity index (χ0n) is 10.8. The number of hydrogen-bond acceptors (Lipinski definition) is 3. The van der Waals surface area contributed by atoms with E-state index in [9.17, 15) is 0 Å². The van der Waals surface area contributed by atoms with Gasteiger partial charge < -0.3 is 5.32 Å². The summed E-state index contributed by atoms with van der Waals surface area (Å²) in [6.45, 7) is 4.56. The van der Waals surface area contributed by atoms with Gasteiger partial charge in [0.2, 0.25) is 0 Å². The van der Waals surface area contributed by atoms with Crippen LogP contribution in [0.5, 0.6) is 0 Å². The summed E-state index contributed by atoms with van der Waals surface area (Å²) in [5, 5.41) is 8.51. The zero-order valence-corrected chi connectivity index (χ0v) is 13.0. The van der Waals surface area contributed by atoms with Gasteiger partial charge in [-0.1, -0.05) is 34.8 Å². The van der Waals surface area contributed by atoms with E-state index in [0.717, 1.165) is 17.0 Å². The van der Waals surface area contributed by atoms with Gasteiger partial charge in [-0.05, 0) is 19.9 Å². The molecule has 0 fully saturated rings. The Labute approximate surface area is 126 Å². The number of pyridine rings is 1. The van der Waals surface area contributed by atoms with E-state index in [0.29, 0.717) is 22.4 Å². The Bertz CT molecular complexity index is 622. The highest BCUT2D eigenvalue weighted by Crippen LogP contribution is 2.29. The fourth-order valence-corrected chi connectivity index (χ4v) is 2.38. The number of rotatable bonds is 3. The molecule has 0 aliphatic heterocycles. The normalized spacial score (nSPS) is 10.8. The third-order valence-corrected chi connectivity index (χ3v) is 3.94. The Kier molecular flexibility index (Phi) is 4.23. The molecule has 102 valence electrons. The minimum absolute atomic E-state index is 0.230. The third kappa shape index (κ3) is 2.96. The fourth-order valence-electron chi connectivity index (χ4n) is 1.81. The summed E-state index contributed by atoms with van der Waals surface area (Å²) in [5.74, 6) is 0.513. The molecule has 4 nitrogen and oxygen atoms in total. The predicted octanol–water partition coefficient (Wildman–Crippen LogP) is 4.00. The first-order chi connectivity index (χ1) is 8.90. The van der Waals surface area contributed by atoms with Crippen LogP contribution < -0.4 is 5.32 Å². The van der Waals surface area contributed by atoms with Crippen molar-refractivity contribution in [3.63, 3.8) is 0 Å². The molecule has 0 unspecified atom stereocenters. The van der Waals surface area contributed by atoms with Crippen molar-refractivity contribution in [2.75, 3.05) is 5.32 Å². The topological polar surface area (TPSA) is 42.7 Å². The quantitative estimate of drug-likeness (QED) is 0.869. The monoisotopic (exact) mass is 318 g/mol. The summed E-state index contributed by atoms with van der Waals surface area (Å²) in [4.78, 5) is 4.12. The maximum Gasteiger partial charge on any atom is 0.150 e. The standard InChI is InChI=1S/C12H13Cl3N4/c1-6-8(7(2)19(3)18-6)5-16-12-10(14)4-9(13)11(15)17-12/h4H,5H2,1-3H3,(H,16,17). The molecule has 0 radical (unpaired) electrons. The highest BCUT2D eigenvalue weighted by molar-refractivity contribution is 6.42. The molecule has 0 bridgehead atoms. The van der Waals surface area contributed by atoms with Crippen molar-refractivity contribution in [1.82, 2.24) is 14.8 Å². The second-order valence-corrected chi connectivity index (χ2v) is 5.39. The molecule has 0 aromatic carbocycles. The summed E-state index contributed by atoms with van der Waals surface area (Å²) < 4.78 is 1.84. The first-order valence-electron chi connectivity index (χ1n) is 5.64. The minimum atomic E-state index is 0.230. The van der Waals surface area contributed by atoms with Crippen molar-refractivity contribution < 1.29 is 0 Å². The zero-order chi connectivity index (χ0) is 14.2. The van der Waals surface area contributed by atoms with Gasteiger partial charge in [-0.15, -0.1) is 0 Å². The van der Waals surface area contributed by atoms with Gasteiger partial charge in [-0.3, -0.25) is 4.68 Å². The first-order valence-corrected chi connectivity index (χ1v) is 6.78. The lowest BCUT2D eigenvalue weighted by molar-refractivity contribution is 0.730. The van der Waals surface area contributed by atoms with Crippen molar-refractivity contribution in [1.29, 1.82) is 0 Å². The highest BCUT2D eigenvalue weighted by Gasteiger charge is 2.11. The fraction of sp³-hybridized carbons (Fsp3) is 0.333. The van der Waals surface area contributed by atoms with Gasteiger partial charge in [0.1, 0.15) is 11.0 Å². The molecule has 2 rings (SSSR count). The average molecular weight is 320 g/mol. The second-order valence-electron chi connectivity index (χ2n) is 4.22. The van der Waals surface area contributed by atoms with E-state index in [1.165, 1.54) is 0 Å². The molecule has 0 atom stereocenters. The van der Waals surface area contributed by atoms with E-state index in [-0.39, 0.29) is 5.15 Å². The van der Waals surface area contributed by atoms with Crippen LogP contribution in [0.25, 0.3) is 0 Å². The van der Waals surface area contributed by atoms with Crippen LogP contribution in [0.15, 0.2) is 6.07 Å². The molecule has 0 aliphatic carbocycles. The first kappa shape index (κ1) is 14.4. The van der Waals surface area contributed by atoms with Gasteiger partial charge in [0, 0.05) is 24.8 Å². The van der Waals surface area contributed by atoms with Crippen LogP contribution in [0.1, 0.15) is 17.0 Å². The van der Waals surface area contributed by atoms with Crippen LogP contribution in [-0.4, -0.2) is 14.8 Å². The molecule has 0 aliphatic rings. The number of hydrogen-bond donors (Lipinski definition) is 1. The predicted molar refractivity (Wildman–Crippen MR) is 79.3 cm³/mol. The molecular formula is C12H13Cl3N4. The van der Waals surface area contributed by atoms with Crippen molar-refractivity contribution in [3.05, 3.63) is 38.2 Å². The molecule has 2 heterocycles. The molecule has 19 heavy (non-hydrogen) atoms. The van der Waals surface area contributed by atoms with Gasteiger partial charge in [0.05, 0.1) is 15.7 Å². The molecular weight excluding hydrogens is 307 g/mol. The van der Waals surface area contributed by atoms with E-state index in [1.807, 2.05) is 25.6 Å². The van der Waals surface area contributed by atoms with Gasteiger partial charge >= 0.3 is 0 Å². The molecule has 2 aromatic rings. The number of halogens is 3. The number of aryl methyl sites for hydroxylation is 2. The van der Waals surface area contributed by atoms with Crippen LogP contribution in [0.2, 0.25) is 15.2 Å². The van der Waals surface area contributed by atoms with E-state index < -0.39 is 0 Å². The van der Waals surface area contributed by atoms with Crippen molar-refractivity contribution in [3.8, 4) is 0 Å². The Hall–Kier alpha value is -0.970. The molecule has 0 spiro atoms. The summed E-state index contributed by atoms with van der Waals surface area (Å²) in [6.07, 6.45) is 0. The van der Waals surface area contributed by atoms with Crippen LogP contribution in [0.3, 0.4) is 0 Å². The SMILES string of the molecule is Cc1nn(C)c(C)c1CNc1nc(Cl)c(Cl)cc1Cl. The van der Waals surface area contributed by atoms with E-state index in [2.05, 4.69) is 15.4 Å². The largest absolute Gasteiger partial charge is 0.365 e. The lowest BCUT2D eigenvalue weighted by Gasteiger charge is -2.09. The minimum Gasteiger partial charge on any atom is -0.365 e. The van der Waals surface area contributed by atoms with Crippen molar-refractivity contribution >= 4 is 40.6 Å². The van der Waals surface area contributed by atoms with Crippen LogP contribution in [-0.2, 0) is 13.6 Å². The lowest BCUT2D eigenvalue weighted by Crippen LogP contribution is -2.04. The Morgan fingerprint density at radius 2 is 1.89 bits per heavy atom. The third-order valence-electron chi connectivity index (χ3n) is 2.98. The molecule has 0 saturated carbocycles. The van der Waals surface area contributed by atoms with Gasteiger partial charge in [0.25, 0.3) is 0 Å². The lowest BCUT2D eigenvalue weighted by atomic mass is 10.2. The van der Waals surface area contributed by atoms with Gasteiger partial charge in [-0.25, -0.2) is 4.98 Å². The van der Waals surface area contributed by atoms with Crippen LogP contribution in [0, 0.1) is 13.8 Å². The Morgan fingerprint density at radius 1 is 1.21 bits per heavy atom. The summed E-state index contributed by atoms with van der Waals surface area (Å²) in [7, 11) is 1.91. The van der Waals surface area contributed by atoms with Gasteiger partial charge in [0.15, 0.2) is 0 Å². The summed E-state index contributed by atoms with van der Waals surface area (Å²) in [6, 6.07) is 1.57. The molecule has 0 amide bonds. The van der Waals surface area contributed by atoms with Crippen molar-refractivity contribution in [2.45, 2.75) is 20.4 Å². The highest BCUT2D eigenvalue weighted by atomic mass is 35.5. The van der Waals surface area contributed by atoms with Crippen LogP contribution in [0.4, 0.5) is 5.82 Å². The summed E-state index contributed by atoms with van der Waals surface area (Å²) >= 11 is 17.8. The smallest absolute Gasteiger partial charge is 0.150 e. The Morgan fingerprint density at radius 3 is 2.47 bits per heavy atom. The maximum absolute atomic E-state index is 6.06. The van der Waals surface area contributed by atoms with E-state index in [1.54, 1.807) is 6.07 Å². The van der Waals surface area contributed by atoms with E-state index >= 15 is 0 Å². The second kappa shape index (κ2) is 5.57. The summed E-state index contributed by atoms with van der Waals surface area (Å²) in [5.41, 5.74) is 3.19.